The van der Waals surface area contributed by atoms with Gasteiger partial charge < -0.3 is 14.6 Å². The highest BCUT2D eigenvalue weighted by atomic mass is 79.9. The van der Waals surface area contributed by atoms with E-state index in [0.717, 1.165) is 42.2 Å². The number of carbonyl (C=O) groups is 1. The van der Waals surface area contributed by atoms with E-state index in [1.165, 1.54) is 7.11 Å². The molecule has 0 aliphatic heterocycles. The fraction of sp³-hybridized carbons (Fsp3) is 0.129. The molecule has 0 aliphatic carbocycles. The quantitative estimate of drug-likeness (QED) is 0.188. The maximum Gasteiger partial charge on any atom is 0.323 e. The van der Waals surface area contributed by atoms with Crippen molar-refractivity contribution in [2.24, 2.45) is 7.05 Å². The molecular weight excluding hydrogens is 592 g/mol. The van der Waals surface area contributed by atoms with Crippen molar-refractivity contribution in [2.75, 3.05) is 12.4 Å². The van der Waals surface area contributed by atoms with Gasteiger partial charge in [-0.25, -0.2) is 0 Å². The summed E-state index contributed by atoms with van der Waals surface area (Å²) in [5, 5.41) is 4.71. The third-order valence-electron chi connectivity index (χ3n) is 6.85. The molecule has 4 nitrogen and oxygen atoms in total. The number of aromatic nitrogens is 1. The molecule has 1 N–H and O–H groups in total. The highest BCUT2D eigenvalue weighted by Gasteiger charge is 2.52. The molecule has 0 saturated heterocycles. The molecule has 0 spiro atoms. The van der Waals surface area contributed by atoms with Gasteiger partial charge in [0.25, 0.3) is 0 Å². The minimum absolute atomic E-state index is 0.345. The second kappa shape index (κ2) is 10.6. The molecule has 0 bridgehead atoms. The number of ether oxygens (including phenoxy) is 1. The van der Waals surface area contributed by atoms with E-state index in [1.54, 1.807) is 0 Å². The Morgan fingerprint density at radius 1 is 0.838 bits per heavy atom. The van der Waals surface area contributed by atoms with E-state index in [0.29, 0.717) is 0 Å². The van der Waals surface area contributed by atoms with Crippen LogP contribution in [0.25, 0.3) is 10.9 Å². The maximum atomic E-state index is 14.4. The fourth-order valence-electron chi connectivity index (χ4n) is 5.15. The summed E-state index contributed by atoms with van der Waals surface area (Å²) < 4.78 is 9.64. The zero-order valence-corrected chi connectivity index (χ0v) is 23.7. The normalized spacial score (nSPS) is 13.6. The number of para-hydroxylation sites is 2. The van der Waals surface area contributed by atoms with Crippen LogP contribution < -0.4 is 5.32 Å². The van der Waals surface area contributed by atoms with Gasteiger partial charge in [0.2, 0.25) is 0 Å². The number of benzene rings is 4. The lowest BCUT2D eigenvalue weighted by atomic mass is 9.66. The van der Waals surface area contributed by atoms with Gasteiger partial charge in [-0.3, -0.25) is 4.79 Å². The van der Waals surface area contributed by atoms with Crippen molar-refractivity contribution in [3.8, 4) is 0 Å². The first kappa shape index (κ1) is 25.3. The molecule has 6 heteroatoms. The number of esters is 1. The molecule has 37 heavy (non-hydrogen) atoms. The van der Waals surface area contributed by atoms with Crippen LogP contribution >= 0.6 is 31.9 Å². The number of halogens is 2. The van der Waals surface area contributed by atoms with Gasteiger partial charge in [0.1, 0.15) is 5.41 Å². The van der Waals surface area contributed by atoms with E-state index < -0.39 is 11.5 Å². The molecule has 1 aromatic heterocycles. The van der Waals surface area contributed by atoms with Gasteiger partial charge >= 0.3 is 5.97 Å². The minimum Gasteiger partial charge on any atom is -0.468 e. The second-order valence-corrected chi connectivity index (χ2v) is 10.8. The van der Waals surface area contributed by atoms with Gasteiger partial charge in [-0.1, -0.05) is 92.5 Å². The molecular formula is C31H26Br2N2O2. The van der Waals surface area contributed by atoms with Crippen LogP contribution in [0.4, 0.5) is 5.69 Å². The second-order valence-electron chi connectivity index (χ2n) is 8.97. The molecule has 0 unspecified atom stereocenters. The SMILES string of the molecule is COC(=O)[C@](c1ccc(Br)cc1)(c1cn(C)c2ccccc12)[C@@H](Nc1ccccc1)c1ccc(Br)cc1. The molecule has 0 radical (unpaired) electrons. The lowest BCUT2D eigenvalue weighted by Gasteiger charge is -2.40. The average molecular weight is 618 g/mol. The summed E-state index contributed by atoms with van der Waals surface area (Å²) in [7, 11) is 3.47. The number of aryl methyl sites for hydroxylation is 1. The standard InChI is InChI=1S/C31H26Br2N2O2/c1-35-20-27(26-10-6-7-11-28(26)35)31(30(36)37-2,22-14-18-24(33)19-15-22)29(21-12-16-23(32)17-13-21)34-25-8-4-3-5-9-25/h3-20,29,34H,1-2H3/t29-,31+/m0/s1. The van der Waals surface area contributed by atoms with Crippen molar-refractivity contribution in [2.45, 2.75) is 11.5 Å². The predicted molar refractivity (Wildman–Crippen MR) is 157 cm³/mol. The molecule has 0 aliphatic rings. The number of hydrogen-bond donors (Lipinski definition) is 1. The smallest absolute Gasteiger partial charge is 0.323 e. The van der Waals surface area contributed by atoms with Gasteiger partial charge in [0, 0.05) is 44.3 Å². The first-order chi connectivity index (χ1) is 17.9. The molecule has 0 saturated carbocycles. The minimum atomic E-state index is -1.22. The number of anilines is 1. The van der Waals surface area contributed by atoms with Crippen LogP contribution in [-0.2, 0) is 22.0 Å². The van der Waals surface area contributed by atoms with Crippen LogP contribution in [0, 0.1) is 0 Å². The Hall–Kier alpha value is -3.35. The summed E-state index contributed by atoms with van der Waals surface area (Å²) in [6.45, 7) is 0. The number of fused-ring (bicyclic) bond motifs is 1. The van der Waals surface area contributed by atoms with Crippen LogP contribution in [-0.4, -0.2) is 17.6 Å². The number of hydrogen-bond acceptors (Lipinski definition) is 3. The third-order valence-corrected chi connectivity index (χ3v) is 7.91. The van der Waals surface area contributed by atoms with Crippen molar-refractivity contribution >= 4 is 54.4 Å². The van der Waals surface area contributed by atoms with Crippen molar-refractivity contribution in [3.63, 3.8) is 0 Å². The first-order valence-corrected chi connectivity index (χ1v) is 13.5. The Balaban J connectivity index is 1.90. The van der Waals surface area contributed by atoms with E-state index in [-0.39, 0.29) is 5.97 Å². The number of nitrogens with one attached hydrogen (secondary N) is 1. The van der Waals surface area contributed by atoms with E-state index in [4.69, 9.17) is 4.74 Å². The van der Waals surface area contributed by atoms with Crippen molar-refractivity contribution in [1.82, 2.24) is 4.57 Å². The molecule has 5 aromatic rings. The molecule has 186 valence electrons. The molecule has 5 rings (SSSR count). The van der Waals surface area contributed by atoms with E-state index in [1.807, 2.05) is 98.0 Å². The Morgan fingerprint density at radius 3 is 2.08 bits per heavy atom. The monoisotopic (exact) mass is 616 g/mol. The summed E-state index contributed by atoms with van der Waals surface area (Å²) >= 11 is 7.14. The lowest BCUT2D eigenvalue weighted by Crippen LogP contribution is -2.46. The summed E-state index contributed by atoms with van der Waals surface area (Å²) in [4.78, 5) is 14.4. The largest absolute Gasteiger partial charge is 0.468 e. The molecule has 2 atom stereocenters. The van der Waals surface area contributed by atoms with Crippen molar-refractivity contribution < 1.29 is 9.53 Å². The topological polar surface area (TPSA) is 43.3 Å². The van der Waals surface area contributed by atoms with E-state index in [9.17, 15) is 4.79 Å². The highest BCUT2D eigenvalue weighted by molar-refractivity contribution is 9.10. The van der Waals surface area contributed by atoms with Crippen LogP contribution in [0.5, 0.6) is 0 Å². The van der Waals surface area contributed by atoms with E-state index >= 15 is 0 Å². The Bertz CT molecular complexity index is 1530. The van der Waals surface area contributed by atoms with Gasteiger partial charge in [-0.05, 0) is 53.6 Å². The average Bonchev–Trinajstić information content (AvgIpc) is 3.27. The van der Waals surface area contributed by atoms with Gasteiger partial charge in [-0.15, -0.1) is 0 Å². The van der Waals surface area contributed by atoms with Crippen LogP contribution in [0.2, 0.25) is 0 Å². The fourth-order valence-corrected chi connectivity index (χ4v) is 5.68. The number of rotatable bonds is 7. The Morgan fingerprint density at radius 2 is 1.43 bits per heavy atom. The van der Waals surface area contributed by atoms with Crippen LogP contribution in [0.15, 0.2) is 118 Å². The Kier molecular flexibility index (Phi) is 7.22. The van der Waals surface area contributed by atoms with Crippen LogP contribution in [0.1, 0.15) is 22.7 Å². The van der Waals surface area contributed by atoms with Crippen LogP contribution in [0.3, 0.4) is 0 Å². The summed E-state index contributed by atoms with van der Waals surface area (Å²) in [5.41, 5.74) is 3.37. The number of carbonyl (C=O) groups excluding carboxylic acids is 1. The zero-order valence-electron chi connectivity index (χ0n) is 20.5. The van der Waals surface area contributed by atoms with Gasteiger partial charge in [0.15, 0.2) is 0 Å². The molecule has 1 heterocycles. The van der Waals surface area contributed by atoms with Crippen molar-refractivity contribution in [1.29, 1.82) is 0 Å². The van der Waals surface area contributed by atoms with Gasteiger partial charge in [-0.2, -0.15) is 0 Å². The third kappa shape index (κ3) is 4.60. The molecule has 4 aromatic carbocycles. The summed E-state index contributed by atoms with van der Waals surface area (Å²) in [5.74, 6) is -0.345. The molecule has 0 amide bonds. The predicted octanol–water partition coefficient (Wildman–Crippen LogP) is 8.02. The summed E-state index contributed by atoms with van der Waals surface area (Å²) in [6, 6.07) is 33.7. The lowest BCUT2D eigenvalue weighted by molar-refractivity contribution is -0.146. The zero-order chi connectivity index (χ0) is 26.0. The first-order valence-electron chi connectivity index (χ1n) is 11.9. The van der Waals surface area contributed by atoms with Crippen molar-refractivity contribution in [3.05, 3.63) is 135 Å². The molecule has 0 fully saturated rings. The number of methoxy groups -OCH3 is 1. The Labute approximate surface area is 233 Å². The summed E-state index contributed by atoms with van der Waals surface area (Å²) in [6.07, 6.45) is 2.06. The highest BCUT2D eigenvalue weighted by Crippen LogP contribution is 2.49. The maximum absolute atomic E-state index is 14.4. The van der Waals surface area contributed by atoms with Gasteiger partial charge in [0.05, 0.1) is 13.2 Å². The number of nitrogens with zero attached hydrogens (tertiary/aromatic N) is 1. The van der Waals surface area contributed by atoms with E-state index in [2.05, 4.69) is 60.1 Å².